The van der Waals surface area contributed by atoms with E-state index < -0.39 is 6.04 Å². The molecule has 0 radical (unpaired) electrons. The van der Waals surface area contributed by atoms with Gasteiger partial charge in [-0.15, -0.1) is 23.7 Å². The fourth-order valence-electron chi connectivity index (χ4n) is 2.18. The summed E-state index contributed by atoms with van der Waals surface area (Å²) in [6, 6.07) is 3.26. The molecule has 0 aromatic carbocycles. The van der Waals surface area contributed by atoms with Crippen molar-refractivity contribution < 1.29 is 9.59 Å². The first-order valence-corrected chi connectivity index (χ1v) is 7.76. The number of piperazine rings is 1. The van der Waals surface area contributed by atoms with Crippen LogP contribution in [0, 0.1) is 5.92 Å². The largest absolute Gasteiger partial charge is 0.338 e. The summed E-state index contributed by atoms with van der Waals surface area (Å²) in [5, 5.41) is 1.90. The van der Waals surface area contributed by atoms with Crippen molar-refractivity contribution in [1.82, 2.24) is 9.80 Å². The minimum Gasteiger partial charge on any atom is -0.338 e. The van der Waals surface area contributed by atoms with Gasteiger partial charge in [-0.05, 0) is 17.4 Å². The zero-order chi connectivity index (χ0) is 14.7. The van der Waals surface area contributed by atoms with E-state index in [4.69, 9.17) is 5.73 Å². The quantitative estimate of drug-likeness (QED) is 0.911. The molecule has 1 atom stereocenters. The van der Waals surface area contributed by atoms with Crippen LogP contribution < -0.4 is 5.73 Å². The molecule has 2 N–H and O–H groups in total. The maximum Gasteiger partial charge on any atom is 0.264 e. The molecule has 2 rings (SSSR count). The Labute approximate surface area is 135 Å². The number of nitrogens with two attached hydrogens (primary N) is 1. The molecule has 0 aliphatic carbocycles. The Morgan fingerprint density at radius 2 is 1.76 bits per heavy atom. The maximum absolute atomic E-state index is 12.2. The molecule has 21 heavy (non-hydrogen) atoms. The molecule has 118 valence electrons. The van der Waals surface area contributed by atoms with Crippen molar-refractivity contribution >= 4 is 35.6 Å². The lowest BCUT2D eigenvalue weighted by atomic mass is 10.0. The van der Waals surface area contributed by atoms with E-state index in [-0.39, 0.29) is 30.1 Å². The molecule has 0 saturated carbocycles. The molecule has 1 saturated heterocycles. The van der Waals surface area contributed by atoms with E-state index >= 15 is 0 Å². The van der Waals surface area contributed by atoms with Gasteiger partial charge in [-0.25, -0.2) is 0 Å². The Kier molecular flexibility index (Phi) is 6.64. The summed E-state index contributed by atoms with van der Waals surface area (Å²) in [7, 11) is 0. The minimum absolute atomic E-state index is 0. The van der Waals surface area contributed by atoms with Gasteiger partial charge in [0.05, 0.1) is 10.9 Å². The lowest BCUT2D eigenvalue weighted by Gasteiger charge is -2.36. The van der Waals surface area contributed by atoms with Gasteiger partial charge < -0.3 is 15.5 Å². The summed E-state index contributed by atoms with van der Waals surface area (Å²) in [6.07, 6.45) is 0. The zero-order valence-corrected chi connectivity index (χ0v) is 14.0. The average molecular weight is 332 g/mol. The summed E-state index contributed by atoms with van der Waals surface area (Å²) in [6.45, 7) is 6.17. The molecule has 1 aromatic rings. The van der Waals surface area contributed by atoms with Crippen LogP contribution in [0.2, 0.25) is 0 Å². The number of rotatable bonds is 3. The molecule has 1 aliphatic rings. The van der Waals surface area contributed by atoms with E-state index in [1.165, 1.54) is 11.3 Å². The van der Waals surface area contributed by atoms with E-state index in [9.17, 15) is 9.59 Å². The predicted molar refractivity (Wildman–Crippen MR) is 86.9 cm³/mol. The van der Waals surface area contributed by atoms with Gasteiger partial charge in [0.25, 0.3) is 5.91 Å². The Morgan fingerprint density at radius 1 is 1.19 bits per heavy atom. The van der Waals surface area contributed by atoms with Gasteiger partial charge in [0, 0.05) is 26.2 Å². The van der Waals surface area contributed by atoms with Crippen LogP contribution in [0.15, 0.2) is 17.5 Å². The third-order valence-electron chi connectivity index (χ3n) is 3.61. The Balaban J connectivity index is 0.00000220. The van der Waals surface area contributed by atoms with Crippen molar-refractivity contribution in [3.63, 3.8) is 0 Å². The number of hydrogen-bond donors (Lipinski definition) is 1. The highest BCUT2D eigenvalue weighted by Gasteiger charge is 2.28. The van der Waals surface area contributed by atoms with Crippen LogP contribution in [0.3, 0.4) is 0 Å². The number of hydrogen-bond acceptors (Lipinski definition) is 4. The second-order valence-corrected chi connectivity index (χ2v) is 6.31. The highest BCUT2D eigenvalue weighted by atomic mass is 35.5. The summed E-state index contributed by atoms with van der Waals surface area (Å²) in [5.41, 5.74) is 5.89. The standard InChI is InChI=1S/C14H21N3O2S.ClH/c1-10(2)12(15)14(19)17-7-5-16(6-8-17)13(18)11-4-3-9-20-11;/h3-4,9-10,12H,5-8,15H2,1-2H3;1H/t12-;/m1./s1. The fraction of sp³-hybridized carbons (Fsp3) is 0.571. The summed E-state index contributed by atoms with van der Waals surface area (Å²) in [5.74, 6) is 0.178. The molecule has 7 heteroatoms. The monoisotopic (exact) mass is 331 g/mol. The molecule has 0 bridgehead atoms. The van der Waals surface area contributed by atoms with Crippen LogP contribution in [-0.4, -0.2) is 53.8 Å². The van der Waals surface area contributed by atoms with Crippen molar-refractivity contribution in [2.24, 2.45) is 11.7 Å². The third kappa shape index (κ3) is 4.18. The summed E-state index contributed by atoms with van der Waals surface area (Å²) in [4.78, 5) is 28.7. The molecule has 1 fully saturated rings. The Hall–Kier alpha value is -1.11. The third-order valence-corrected chi connectivity index (χ3v) is 4.47. The number of halogens is 1. The second-order valence-electron chi connectivity index (χ2n) is 5.36. The first-order valence-electron chi connectivity index (χ1n) is 6.88. The van der Waals surface area contributed by atoms with Gasteiger partial charge in [0.15, 0.2) is 0 Å². The highest BCUT2D eigenvalue weighted by molar-refractivity contribution is 7.12. The van der Waals surface area contributed by atoms with Gasteiger partial charge in [-0.2, -0.15) is 0 Å². The van der Waals surface area contributed by atoms with Gasteiger partial charge in [0.2, 0.25) is 5.91 Å². The molecular formula is C14H22ClN3O2S. The highest BCUT2D eigenvalue weighted by Crippen LogP contribution is 2.14. The zero-order valence-electron chi connectivity index (χ0n) is 12.3. The maximum atomic E-state index is 12.2. The van der Waals surface area contributed by atoms with Crippen LogP contribution in [0.25, 0.3) is 0 Å². The lowest BCUT2D eigenvalue weighted by Crippen LogP contribution is -2.55. The molecule has 1 aliphatic heterocycles. The van der Waals surface area contributed by atoms with E-state index in [1.54, 1.807) is 9.80 Å². The van der Waals surface area contributed by atoms with E-state index in [1.807, 2.05) is 31.4 Å². The van der Waals surface area contributed by atoms with E-state index in [2.05, 4.69) is 0 Å². The Morgan fingerprint density at radius 3 is 2.24 bits per heavy atom. The molecular weight excluding hydrogens is 310 g/mol. The number of nitrogens with zero attached hydrogens (tertiary/aromatic N) is 2. The lowest BCUT2D eigenvalue weighted by molar-refractivity contribution is -0.135. The molecule has 2 amide bonds. The van der Waals surface area contributed by atoms with E-state index in [0.29, 0.717) is 26.2 Å². The molecule has 5 nitrogen and oxygen atoms in total. The number of carbonyl (C=O) groups excluding carboxylic acids is 2. The van der Waals surface area contributed by atoms with Crippen LogP contribution in [0.5, 0.6) is 0 Å². The summed E-state index contributed by atoms with van der Waals surface area (Å²) < 4.78 is 0. The van der Waals surface area contributed by atoms with Crippen molar-refractivity contribution in [3.8, 4) is 0 Å². The van der Waals surface area contributed by atoms with E-state index in [0.717, 1.165) is 4.88 Å². The minimum atomic E-state index is -0.449. The fourth-order valence-corrected chi connectivity index (χ4v) is 2.87. The van der Waals surface area contributed by atoms with Crippen molar-refractivity contribution in [2.75, 3.05) is 26.2 Å². The van der Waals surface area contributed by atoms with Gasteiger partial charge >= 0.3 is 0 Å². The first kappa shape index (κ1) is 17.9. The smallest absolute Gasteiger partial charge is 0.264 e. The molecule has 0 spiro atoms. The van der Waals surface area contributed by atoms with Crippen molar-refractivity contribution in [1.29, 1.82) is 0 Å². The normalized spacial score (nSPS) is 16.6. The number of thiophene rings is 1. The van der Waals surface area contributed by atoms with Crippen molar-refractivity contribution in [3.05, 3.63) is 22.4 Å². The van der Waals surface area contributed by atoms with Gasteiger partial charge in [-0.3, -0.25) is 9.59 Å². The van der Waals surface area contributed by atoms with Crippen LogP contribution in [-0.2, 0) is 4.79 Å². The topological polar surface area (TPSA) is 66.6 Å². The Bertz CT molecular complexity index is 471. The average Bonchev–Trinajstić information content (AvgIpc) is 2.99. The van der Waals surface area contributed by atoms with Crippen LogP contribution in [0.1, 0.15) is 23.5 Å². The van der Waals surface area contributed by atoms with Crippen LogP contribution >= 0.6 is 23.7 Å². The number of carbonyl (C=O) groups is 2. The molecule has 2 heterocycles. The van der Waals surface area contributed by atoms with Crippen LogP contribution in [0.4, 0.5) is 0 Å². The summed E-state index contributed by atoms with van der Waals surface area (Å²) >= 11 is 1.45. The van der Waals surface area contributed by atoms with Crippen molar-refractivity contribution in [2.45, 2.75) is 19.9 Å². The van der Waals surface area contributed by atoms with Gasteiger partial charge in [0.1, 0.15) is 0 Å². The molecule has 0 unspecified atom stereocenters. The predicted octanol–water partition coefficient (Wildman–Crippen LogP) is 1.44. The SMILES string of the molecule is CC(C)[C@@H](N)C(=O)N1CCN(C(=O)c2cccs2)CC1.Cl. The molecule has 1 aromatic heterocycles. The van der Waals surface area contributed by atoms with Gasteiger partial charge in [-0.1, -0.05) is 19.9 Å². The first-order chi connectivity index (χ1) is 9.50. The number of amides is 2. The second kappa shape index (κ2) is 7.77.